The number of anilines is 1. The molecule has 0 saturated heterocycles. The Labute approximate surface area is 126 Å². The third kappa shape index (κ3) is 5.91. The van der Waals surface area contributed by atoms with Gasteiger partial charge in [0.25, 0.3) is 6.43 Å². The van der Waals surface area contributed by atoms with Crippen LogP contribution in [0.4, 0.5) is 14.5 Å². The van der Waals surface area contributed by atoms with Gasteiger partial charge in [0.2, 0.25) is 0 Å². The van der Waals surface area contributed by atoms with Crippen LogP contribution in [-0.2, 0) is 6.54 Å². The van der Waals surface area contributed by atoms with Crippen molar-refractivity contribution in [1.82, 2.24) is 15.3 Å². The van der Waals surface area contributed by atoms with Crippen LogP contribution in [0, 0.1) is 0 Å². The van der Waals surface area contributed by atoms with E-state index in [1.807, 2.05) is 13.8 Å². The SMILES string of the molecule is CC(C)c1ncc(N(C)CC(F)F)c(CNC(C)(C)C)n1. The number of alkyl halides is 2. The number of rotatable bonds is 6. The quantitative estimate of drug-likeness (QED) is 0.876. The standard InChI is InChI=1S/C15H26F2N4/c1-10(2)14-18-8-12(21(6)9-13(16)17)11(20-14)7-19-15(3,4)5/h8,10,13,19H,7,9H2,1-6H3. The van der Waals surface area contributed by atoms with Gasteiger partial charge in [-0.05, 0) is 20.8 Å². The van der Waals surface area contributed by atoms with E-state index in [2.05, 4.69) is 36.1 Å². The van der Waals surface area contributed by atoms with E-state index < -0.39 is 6.43 Å². The van der Waals surface area contributed by atoms with Gasteiger partial charge in [-0.15, -0.1) is 0 Å². The predicted molar refractivity (Wildman–Crippen MR) is 82.0 cm³/mol. The first-order valence-corrected chi connectivity index (χ1v) is 7.20. The van der Waals surface area contributed by atoms with Crippen molar-refractivity contribution in [1.29, 1.82) is 0 Å². The molecule has 0 aromatic carbocycles. The van der Waals surface area contributed by atoms with Gasteiger partial charge >= 0.3 is 0 Å². The molecule has 0 spiro atoms. The molecule has 1 rings (SSSR count). The van der Waals surface area contributed by atoms with Gasteiger partial charge in [-0.25, -0.2) is 18.7 Å². The fraction of sp³-hybridized carbons (Fsp3) is 0.733. The summed E-state index contributed by atoms with van der Waals surface area (Å²) in [5.41, 5.74) is 1.34. The first-order chi connectivity index (χ1) is 9.60. The molecule has 0 fully saturated rings. The fourth-order valence-electron chi connectivity index (χ4n) is 1.81. The Bertz CT molecular complexity index is 455. The Morgan fingerprint density at radius 1 is 1.29 bits per heavy atom. The predicted octanol–water partition coefficient (Wildman–Crippen LogP) is 3.19. The van der Waals surface area contributed by atoms with E-state index in [-0.39, 0.29) is 18.0 Å². The van der Waals surface area contributed by atoms with Crippen molar-refractivity contribution in [3.8, 4) is 0 Å². The van der Waals surface area contributed by atoms with Crippen molar-refractivity contribution in [3.05, 3.63) is 17.7 Å². The van der Waals surface area contributed by atoms with E-state index in [0.717, 1.165) is 11.5 Å². The number of hydrogen-bond acceptors (Lipinski definition) is 4. The Balaban J connectivity index is 3.04. The second kappa shape index (κ2) is 7.11. The van der Waals surface area contributed by atoms with E-state index in [4.69, 9.17) is 0 Å². The average Bonchev–Trinajstić information content (AvgIpc) is 2.34. The summed E-state index contributed by atoms with van der Waals surface area (Å²) in [4.78, 5) is 10.3. The minimum Gasteiger partial charge on any atom is -0.366 e. The maximum atomic E-state index is 12.6. The summed E-state index contributed by atoms with van der Waals surface area (Å²) in [5.74, 6) is 0.933. The summed E-state index contributed by atoms with van der Waals surface area (Å²) in [6.45, 7) is 10.4. The van der Waals surface area contributed by atoms with Crippen LogP contribution in [0.1, 0.15) is 52.1 Å². The molecule has 0 saturated carbocycles. The van der Waals surface area contributed by atoms with E-state index in [0.29, 0.717) is 12.2 Å². The third-order valence-electron chi connectivity index (χ3n) is 2.99. The Kier molecular flexibility index (Phi) is 6.01. The van der Waals surface area contributed by atoms with Crippen LogP contribution in [0.25, 0.3) is 0 Å². The van der Waals surface area contributed by atoms with Crippen LogP contribution in [-0.4, -0.2) is 35.5 Å². The fourth-order valence-corrected chi connectivity index (χ4v) is 1.81. The lowest BCUT2D eigenvalue weighted by molar-refractivity contribution is 0.156. The number of nitrogens with one attached hydrogen (secondary N) is 1. The molecule has 0 aliphatic rings. The molecule has 120 valence electrons. The first-order valence-electron chi connectivity index (χ1n) is 7.20. The molecular formula is C15H26F2N4. The van der Waals surface area contributed by atoms with Crippen molar-refractivity contribution in [2.75, 3.05) is 18.5 Å². The van der Waals surface area contributed by atoms with E-state index >= 15 is 0 Å². The molecule has 0 amide bonds. The zero-order valence-electron chi connectivity index (χ0n) is 13.7. The van der Waals surface area contributed by atoms with Crippen molar-refractivity contribution in [3.63, 3.8) is 0 Å². The molecule has 1 aromatic heterocycles. The number of aromatic nitrogens is 2. The molecule has 1 N–H and O–H groups in total. The maximum absolute atomic E-state index is 12.6. The summed E-state index contributed by atoms with van der Waals surface area (Å²) >= 11 is 0. The topological polar surface area (TPSA) is 41.1 Å². The van der Waals surface area contributed by atoms with E-state index in [1.165, 1.54) is 4.90 Å². The first kappa shape index (κ1) is 17.8. The van der Waals surface area contributed by atoms with Crippen molar-refractivity contribution in [2.45, 2.75) is 59.0 Å². The molecule has 0 aliphatic heterocycles. The van der Waals surface area contributed by atoms with Gasteiger partial charge in [-0.3, -0.25) is 0 Å². The van der Waals surface area contributed by atoms with Gasteiger partial charge < -0.3 is 10.2 Å². The highest BCUT2D eigenvalue weighted by atomic mass is 19.3. The molecule has 0 aliphatic carbocycles. The highest BCUT2D eigenvalue weighted by Crippen LogP contribution is 2.21. The molecule has 4 nitrogen and oxygen atoms in total. The zero-order chi connectivity index (χ0) is 16.2. The number of nitrogens with zero attached hydrogens (tertiary/aromatic N) is 3. The smallest absolute Gasteiger partial charge is 0.255 e. The summed E-state index contributed by atoms with van der Waals surface area (Å²) in [5, 5.41) is 3.35. The lowest BCUT2D eigenvalue weighted by atomic mass is 10.1. The molecule has 0 atom stereocenters. The van der Waals surface area contributed by atoms with E-state index in [9.17, 15) is 8.78 Å². The van der Waals surface area contributed by atoms with Gasteiger partial charge in [0.05, 0.1) is 24.1 Å². The minimum absolute atomic E-state index is 0.0680. The van der Waals surface area contributed by atoms with Crippen LogP contribution in [0.5, 0.6) is 0 Å². The van der Waals surface area contributed by atoms with Crippen molar-refractivity contribution >= 4 is 5.69 Å². The van der Waals surface area contributed by atoms with E-state index in [1.54, 1.807) is 13.2 Å². The highest BCUT2D eigenvalue weighted by molar-refractivity contribution is 5.48. The molecular weight excluding hydrogens is 274 g/mol. The van der Waals surface area contributed by atoms with Gasteiger partial charge in [0.1, 0.15) is 5.82 Å². The monoisotopic (exact) mass is 300 g/mol. The van der Waals surface area contributed by atoms with Crippen LogP contribution in [0.3, 0.4) is 0 Å². The van der Waals surface area contributed by atoms with Crippen LogP contribution < -0.4 is 10.2 Å². The molecule has 1 aromatic rings. The second-order valence-corrected chi connectivity index (χ2v) is 6.59. The number of halogens is 2. The van der Waals surface area contributed by atoms with Crippen molar-refractivity contribution < 1.29 is 8.78 Å². The lowest BCUT2D eigenvalue weighted by Gasteiger charge is -2.25. The summed E-state index contributed by atoms with van der Waals surface area (Å²) in [6, 6.07) is 0. The number of hydrogen-bond donors (Lipinski definition) is 1. The molecule has 6 heteroatoms. The van der Waals surface area contributed by atoms with Crippen molar-refractivity contribution in [2.24, 2.45) is 0 Å². The van der Waals surface area contributed by atoms with Crippen LogP contribution in [0.2, 0.25) is 0 Å². The minimum atomic E-state index is -2.39. The van der Waals surface area contributed by atoms with Gasteiger partial charge in [0, 0.05) is 25.0 Å². The van der Waals surface area contributed by atoms with Gasteiger partial charge in [-0.2, -0.15) is 0 Å². The summed E-state index contributed by atoms with van der Waals surface area (Å²) in [7, 11) is 1.64. The Hall–Kier alpha value is -1.30. The Morgan fingerprint density at radius 3 is 2.38 bits per heavy atom. The van der Waals surface area contributed by atoms with Crippen LogP contribution in [0.15, 0.2) is 6.20 Å². The normalized spacial score (nSPS) is 12.3. The summed E-state index contributed by atoms with van der Waals surface area (Å²) in [6.07, 6.45) is -0.743. The second-order valence-electron chi connectivity index (χ2n) is 6.59. The largest absolute Gasteiger partial charge is 0.366 e. The third-order valence-corrected chi connectivity index (χ3v) is 2.99. The molecule has 0 radical (unpaired) electrons. The van der Waals surface area contributed by atoms with Crippen LogP contribution >= 0.6 is 0 Å². The molecule has 0 unspecified atom stereocenters. The summed E-state index contributed by atoms with van der Waals surface area (Å²) < 4.78 is 25.2. The molecule has 21 heavy (non-hydrogen) atoms. The maximum Gasteiger partial charge on any atom is 0.255 e. The highest BCUT2D eigenvalue weighted by Gasteiger charge is 2.17. The van der Waals surface area contributed by atoms with Gasteiger partial charge in [0.15, 0.2) is 0 Å². The Morgan fingerprint density at radius 2 is 1.90 bits per heavy atom. The average molecular weight is 300 g/mol. The molecule has 1 heterocycles. The molecule has 0 bridgehead atoms. The zero-order valence-corrected chi connectivity index (χ0v) is 13.7. The van der Waals surface area contributed by atoms with Gasteiger partial charge in [-0.1, -0.05) is 13.8 Å². The lowest BCUT2D eigenvalue weighted by Crippen LogP contribution is -2.36.